The van der Waals surface area contributed by atoms with Gasteiger partial charge in [-0.05, 0) is 24.3 Å². The lowest BCUT2D eigenvalue weighted by molar-refractivity contribution is 0.492. The molecule has 0 aliphatic rings. The molecular weight excluding hydrogens is 248 g/mol. The summed E-state index contributed by atoms with van der Waals surface area (Å²) in [7, 11) is 0. The fourth-order valence-corrected chi connectivity index (χ4v) is 2.30. The Morgan fingerprint density at radius 3 is 2.83 bits per heavy atom. The van der Waals surface area contributed by atoms with Gasteiger partial charge in [-0.1, -0.05) is 12.1 Å². The molecule has 18 heavy (non-hydrogen) atoms. The van der Waals surface area contributed by atoms with Gasteiger partial charge < -0.3 is 8.98 Å². The fraction of sp³-hybridized carbons (Fsp3) is 0.214. The van der Waals surface area contributed by atoms with Gasteiger partial charge in [0, 0.05) is 12.3 Å². The molecule has 0 atom stereocenters. The third-order valence-corrected chi connectivity index (χ3v) is 3.13. The van der Waals surface area contributed by atoms with Crippen molar-refractivity contribution < 1.29 is 4.42 Å². The number of benzene rings is 1. The first-order chi connectivity index (χ1) is 8.88. The zero-order chi connectivity index (χ0) is 12.4. The van der Waals surface area contributed by atoms with Crippen molar-refractivity contribution in [2.45, 2.75) is 13.0 Å². The van der Waals surface area contributed by atoms with Crippen molar-refractivity contribution in [1.82, 2.24) is 9.55 Å². The highest BCUT2D eigenvalue weighted by atomic mass is 35.5. The molecule has 1 aromatic carbocycles. The fourth-order valence-electron chi connectivity index (χ4n) is 2.14. The van der Waals surface area contributed by atoms with Crippen molar-refractivity contribution in [3.63, 3.8) is 0 Å². The Balaban J connectivity index is 2.09. The second-order valence-corrected chi connectivity index (χ2v) is 4.50. The molecular formula is C14H13ClN2O. The molecule has 2 heterocycles. The molecule has 0 aliphatic heterocycles. The van der Waals surface area contributed by atoms with Gasteiger partial charge in [0.1, 0.15) is 11.6 Å². The van der Waals surface area contributed by atoms with Gasteiger partial charge in [-0.2, -0.15) is 0 Å². The van der Waals surface area contributed by atoms with E-state index in [0.717, 1.165) is 29.0 Å². The summed E-state index contributed by atoms with van der Waals surface area (Å²) < 4.78 is 7.57. The van der Waals surface area contributed by atoms with Crippen LogP contribution in [-0.2, 0) is 13.0 Å². The summed E-state index contributed by atoms with van der Waals surface area (Å²) >= 11 is 5.84. The summed E-state index contributed by atoms with van der Waals surface area (Å²) in [6.45, 7) is 0.694. The Kier molecular flexibility index (Phi) is 3.07. The van der Waals surface area contributed by atoms with Gasteiger partial charge in [-0.15, -0.1) is 11.6 Å². The third-order valence-electron chi connectivity index (χ3n) is 2.95. The second kappa shape index (κ2) is 4.86. The average Bonchev–Trinajstić information content (AvgIpc) is 3.00. The molecule has 0 unspecified atom stereocenters. The maximum atomic E-state index is 5.84. The van der Waals surface area contributed by atoms with Crippen LogP contribution in [0.5, 0.6) is 0 Å². The molecule has 3 rings (SSSR count). The summed E-state index contributed by atoms with van der Waals surface area (Å²) in [5.41, 5.74) is 2.12. The Bertz CT molecular complexity index is 643. The normalized spacial score (nSPS) is 11.2. The van der Waals surface area contributed by atoms with E-state index in [1.165, 1.54) is 0 Å². The highest BCUT2D eigenvalue weighted by molar-refractivity contribution is 6.17. The quantitative estimate of drug-likeness (QED) is 0.673. The number of imidazole rings is 1. The minimum absolute atomic E-state index is 0.571. The van der Waals surface area contributed by atoms with Crippen molar-refractivity contribution in [1.29, 1.82) is 0 Å². The zero-order valence-corrected chi connectivity index (χ0v) is 10.6. The maximum absolute atomic E-state index is 5.84. The number of fused-ring (bicyclic) bond motifs is 1. The Morgan fingerprint density at radius 1 is 1.17 bits per heavy atom. The second-order valence-electron chi connectivity index (χ2n) is 4.12. The lowest BCUT2D eigenvalue weighted by Crippen LogP contribution is -2.05. The van der Waals surface area contributed by atoms with Gasteiger partial charge in [0.15, 0.2) is 0 Å². The zero-order valence-electron chi connectivity index (χ0n) is 9.84. The predicted molar refractivity (Wildman–Crippen MR) is 72.0 cm³/mol. The van der Waals surface area contributed by atoms with Gasteiger partial charge in [0.25, 0.3) is 0 Å². The van der Waals surface area contributed by atoms with E-state index in [1.54, 1.807) is 6.26 Å². The molecule has 0 bridgehead atoms. The van der Waals surface area contributed by atoms with E-state index in [1.807, 2.05) is 30.3 Å². The Hall–Kier alpha value is -1.74. The predicted octanol–water partition coefficient (Wildman–Crippen LogP) is 3.46. The van der Waals surface area contributed by atoms with Crippen LogP contribution in [0.15, 0.2) is 47.1 Å². The van der Waals surface area contributed by atoms with Crippen LogP contribution in [-0.4, -0.2) is 15.4 Å². The van der Waals surface area contributed by atoms with E-state index in [9.17, 15) is 0 Å². The molecule has 0 saturated heterocycles. The van der Waals surface area contributed by atoms with Gasteiger partial charge in [0.2, 0.25) is 0 Å². The maximum Gasteiger partial charge on any atom is 0.123 e. The van der Waals surface area contributed by atoms with Crippen LogP contribution in [0.25, 0.3) is 11.0 Å². The van der Waals surface area contributed by atoms with Crippen LogP contribution >= 0.6 is 11.6 Å². The standard InChI is InChI=1S/C14H13ClN2O/c15-8-7-14-16-12-5-1-2-6-13(12)17(14)10-11-4-3-9-18-11/h1-6,9H,7-8,10H2. The summed E-state index contributed by atoms with van der Waals surface area (Å²) in [4.78, 5) is 4.62. The smallest absolute Gasteiger partial charge is 0.123 e. The number of rotatable bonds is 4. The Labute approximate surface area is 110 Å². The highest BCUT2D eigenvalue weighted by Crippen LogP contribution is 2.18. The number of hydrogen-bond donors (Lipinski definition) is 0. The van der Waals surface area contributed by atoms with Crippen molar-refractivity contribution in [2.24, 2.45) is 0 Å². The molecule has 4 heteroatoms. The van der Waals surface area contributed by atoms with Gasteiger partial charge in [-0.3, -0.25) is 0 Å². The number of aromatic nitrogens is 2. The molecule has 0 saturated carbocycles. The molecule has 0 aliphatic carbocycles. The lowest BCUT2D eigenvalue weighted by atomic mass is 10.3. The largest absolute Gasteiger partial charge is 0.467 e. The Morgan fingerprint density at radius 2 is 2.06 bits per heavy atom. The van der Waals surface area contributed by atoms with Gasteiger partial charge in [-0.25, -0.2) is 4.98 Å². The van der Waals surface area contributed by atoms with Crippen molar-refractivity contribution in [2.75, 3.05) is 5.88 Å². The number of alkyl halides is 1. The van der Waals surface area contributed by atoms with E-state index < -0.39 is 0 Å². The molecule has 3 nitrogen and oxygen atoms in total. The van der Waals surface area contributed by atoms with Crippen LogP contribution in [0.2, 0.25) is 0 Å². The first-order valence-corrected chi connectivity index (χ1v) is 6.44. The summed E-state index contributed by atoms with van der Waals surface area (Å²) in [5.74, 6) is 2.50. The summed E-state index contributed by atoms with van der Waals surface area (Å²) in [6, 6.07) is 12.0. The molecule has 92 valence electrons. The van der Waals surface area contributed by atoms with Crippen molar-refractivity contribution >= 4 is 22.6 Å². The van der Waals surface area contributed by atoms with E-state index in [0.29, 0.717) is 12.4 Å². The molecule has 2 aromatic heterocycles. The number of hydrogen-bond acceptors (Lipinski definition) is 2. The number of furan rings is 1. The monoisotopic (exact) mass is 260 g/mol. The highest BCUT2D eigenvalue weighted by Gasteiger charge is 2.11. The number of halogens is 1. The van der Waals surface area contributed by atoms with E-state index in [-0.39, 0.29) is 0 Å². The van der Waals surface area contributed by atoms with Gasteiger partial charge >= 0.3 is 0 Å². The minimum atomic E-state index is 0.571. The lowest BCUT2D eigenvalue weighted by Gasteiger charge is -2.06. The van der Waals surface area contributed by atoms with Crippen LogP contribution in [0.4, 0.5) is 0 Å². The number of nitrogens with zero attached hydrogens (tertiary/aromatic N) is 2. The van der Waals surface area contributed by atoms with Crippen molar-refractivity contribution in [3.8, 4) is 0 Å². The molecule has 0 radical (unpaired) electrons. The molecule has 3 aromatic rings. The molecule has 0 spiro atoms. The van der Waals surface area contributed by atoms with Crippen LogP contribution in [0.3, 0.4) is 0 Å². The first-order valence-electron chi connectivity index (χ1n) is 5.91. The average molecular weight is 261 g/mol. The van der Waals surface area contributed by atoms with E-state index >= 15 is 0 Å². The van der Waals surface area contributed by atoms with Crippen LogP contribution < -0.4 is 0 Å². The number of para-hydroxylation sites is 2. The van der Waals surface area contributed by atoms with Crippen molar-refractivity contribution in [3.05, 3.63) is 54.2 Å². The molecule has 0 amide bonds. The van der Waals surface area contributed by atoms with Crippen LogP contribution in [0, 0.1) is 0 Å². The van der Waals surface area contributed by atoms with Gasteiger partial charge in [0.05, 0.1) is 23.8 Å². The first kappa shape index (κ1) is 11.4. The summed E-state index contributed by atoms with van der Waals surface area (Å²) in [5, 5.41) is 0. The third kappa shape index (κ3) is 2.02. The summed E-state index contributed by atoms with van der Waals surface area (Å²) in [6.07, 6.45) is 2.45. The molecule has 0 fully saturated rings. The topological polar surface area (TPSA) is 31.0 Å². The number of aryl methyl sites for hydroxylation is 1. The van der Waals surface area contributed by atoms with E-state index in [4.69, 9.17) is 16.0 Å². The molecule has 0 N–H and O–H groups in total. The van der Waals surface area contributed by atoms with Crippen LogP contribution in [0.1, 0.15) is 11.6 Å². The SMILES string of the molecule is ClCCc1nc2ccccc2n1Cc1ccco1. The van der Waals surface area contributed by atoms with E-state index in [2.05, 4.69) is 15.6 Å². The minimum Gasteiger partial charge on any atom is -0.467 e.